The van der Waals surface area contributed by atoms with Crippen LogP contribution in [0.4, 0.5) is 4.39 Å². The molecule has 1 aromatic rings. The van der Waals surface area contributed by atoms with Gasteiger partial charge in [-0.15, -0.1) is 0 Å². The highest BCUT2D eigenvalue weighted by molar-refractivity contribution is 9.10. The average molecular weight is 310 g/mol. The van der Waals surface area contributed by atoms with Crippen LogP contribution in [0.2, 0.25) is 0 Å². The van der Waals surface area contributed by atoms with Gasteiger partial charge in [0.05, 0.1) is 4.47 Å². The molecule has 0 N–H and O–H groups in total. The quantitative estimate of drug-likeness (QED) is 0.687. The molecule has 1 aliphatic rings. The van der Waals surface area contributed by atoms with Gasteiger partial charge in [-0.2, -0.15) is 0 Å². The van der Waals surface area contributed by atoms with E-state index < -0.39 is 15.8 Å². The summed E-state index contributed by atoms with van der Waals surface area (Å²) in [6.07, 6.45) is 0. The predicted molar refractivity (Wildman–Crippen MR) is 60.7 cm³/mol. The first kappa shape index (κ1) is 11.0. The van der Waals surface area contributed by atoms with Crippen molar-refractivity contribution >= 4 is 43.2 Å². The maximum Gasteiger partial charge on any atom is 0.266 e. The van der Waals surface area contributed by atoms with Crippen LogP contribution in [-0.4, -0.2) is 24.8 Å². The summed E-state index contributed by atoms with van der Waals surface area (Å²) in [7, 11) is -2.33. The summed E-state index contributed by atoms with van der Waals surface area (Å²) < 4.78 is 37.7. The molecule has 2 rings (SSSR count). The summed E-state index contributed by atoms with van der Waals surface area (Å²) in [6, 6.07) is 2.56. The SMILES string of the molecule is CN1C(=S)c2ccc(F)c(Br)c2S1(=O)=O. The molecule has 0 unspecified atom stereocenters. The van der Waals surface area contributed by atoms with Gasteiger partial charge in [0, 0.05) is 12.6 Å². The van der Waals surface area contributed by atoms with E-state index in [0.717, 1.165) is 4.31 Å². The normalized spacial score (nSPS) is 18.1. The molecule has 0 bridgehead atoms. The molecule has 1 aromatic carbocycles. The molecule has 0 saturated heterocycles. The molecular weight excluding hydrogens is 305 g/mol. The van der Waals surface area contributed by atoms with Crippen molar-refractivity contribution in [2.24, 2.45) is 0 Å². The average Bonchev–Trinajstić information content (AvgIpc) is 2.34. The summed E-state index contributed by atoms with van der Waals surface area (Å²) in [5, 5.41) is 0. The smallest absolute Gasteiger partial charge is 0.259 e. The van der Waals surface area contributed by atoms with Gasteiger partial charge in [0.15, 0.2) is 0 Å². The zero-order valence-electron chi connectivity index (χ0n) is 7.49. The number of hydrogen-bond donors (Lipinski definition) is 0. The molecule has 0 saturated carbocycles. The van der Waals surface area contributed by atoms with Crippen molar-refractivity contribution < 1.29 is 12.8 Å². The van der Waals surface area contributed by atoms with Crippen molar-refractivity contribution in [2.45, 2.75) is 4.90 Å². The molecule has 7 heteroatoms. The van der Waals surface area contributed by atoms with Crippen LogP contribution in [-0.2, 0) is 10.0 Å². The molecule has 0 atom stereocenters. The van der Waals surface area contributed by atoms with Crippen LogP contribution in [0.1, 0.15) is 5.56 Å². The van der Waals surface area contributed by atoms with Crippen LogP contribution in [0.25, 0.3) is 0 Å². The molecule has 0 aromatic heterocycles. The highest BCUT2D eigenvalue weighted by atomic mass is 79.9. The van der Waals surface area contributed by atoms with E-state index in [2.05, 4.69) is 15.9 Å². The third-order valence-electron chi connectivity index (χ3n) is 2.18. The Labute approximate surface area is 100 Å². The minimum atomic E-state index is -3.68. The molecule has 0 spiro atoms. The molecule has 0 radical (unpaired) electrons. The fourth-order valence-electron chi connectivity index (χ4n) is 1.37. The fraction of sp³-hybridized carbons (Fsp3) is 0.125. The van der Waals surface area contributed by atoms with Gasteiger partial charge < -0.3 is 0 Å². The number of fused-ring (bicyclic) bond motifs is 1. The third-order valence-corrected chi connectivity index (χ3v) is 5.68. The van der Waals surface area contributed by atoms with Crippen LogP contribution >= 0.6 is 28.1 Å². The lowest BCUT2D eigenvalue weighted by Gasteiger charge is -2.08. The second-order valence-electron chi connectivity index (χ2n) is 3.02. The molecule has 80 valence electrons. The Morgan fingerprint density at radius 1 is 1.47 bits per heavy atom. The van der Waals surface area contributed by atoms with E-state index in [-0.39, 0.29) is 14.4 Å². The zero-order valence-corrected chi connectivity index (χ0v) is 10.7. The van der Waals surface area contributed by atoms with Crippen molar-refractivity contribution in [2.75, 3.05) is 7.05 Å². The molecule has 0 fully saturated rings. The lowest BCUT2D eigenvalue weighted by molar-refractivity contribution is 0.557. The van der Waals surface area contributed by atoms with E-state index in [1.54, 1.807) is 0 Å². The number of rotatable bonds is 0. The second kappa shape index (κ2) is 3.23. The Kier molecular flexibility index (Phi) is 2.36. The number of sulfonamides is 1. The molecule has 3 nitrogen and oxygen atoms in total. The first-order valence-electron chi connectivity index (χ1n) is 3.88. The summed E-state index contributed by atoms with van der Waals surface area (Å²) in [5.74, 6) is -0.615. The number of halogens is 2. The highest BCUT2D eigenvalue weighted by Gasteiger charge is 2.38. The molecule has 0 amide bonds. The van der Waals surface area contributed by atoms with E-state index in [4.69, 9.17) is 12.2 Å². The van der Waals surface area contributed by atoms with Gasteiger partial charge in [-0.25, -0.2) is 12.8 Å². The van der Waals surface area contributed by atoms with Gasteiger partial charge in [-0.3, -0.25) is 4.31 Å². The van der Waals surface area contributed by atoms with Crippen molar-refractivity contribution in [3.8, 4) is 0 Å². The van der Waals surface area contributed by atoms with Crippen LogP contribution < -0.4 is 0 Å². The minimum Gasteiger partial charge on any atom is -0.259 e. The largest absolute Gasteiger partial charge is 0.266 e. The van der Waals surface area contributed by atoms with E-state index in [1.165, 1.54) is 19.2 Å². The van der Waals surface area contributed by atoms with Gasteiger partial charge in [-0.05, 0) is 28.1 Å². The Morgan fingerprint density at radius 3 is 2.67 bits per heavy atom. The van der Waals surface area contributed by atoms with Gasteiger partial charge in [0.25, 0.3) is 10.0 Å². The molecule has 1 aliphatic heterocycles. The monoisotopic (exact) mass is 309 g/mol. The number of benzene rings is 1. The second-order valence-corrected chi connectivity index (χ2v) is 6.10. The Balaban J connectivity index is 2.91. The number of hydrogen-bond acceptors (Lipinski definition) is 3. The van der Waals surface area contributed by atoms with Crippen LogP contribution in [0, 0.1) is 5.82 Å². The standard InChI is InChI=1S/C8H5BrFNO2S2/c1-11-8(14)4-2-3-5(10)6(9)7(4)15(11,12)13/h2-3H,1H3. The Morgan fingerprint density at radius 2 is 2.07 bits per heavy atom. The van der Waals surface area contributed by atoms with Crippen LogP contribution in [0.5, 0.6) is 0 Å². The van der Waals surface area contributed by atoms with E-state index >= 15 is 0 Å². The molecule has 15 heavy (non-hydrogen) atoms. The molecule has 0 aliphatic carbocycles. The van der Waals surface area contributed by atoms with Gasteiger partial charge in [-0.1, -0.05) is 12.2 Å². The van der Waals surface area contributed by atoms with E-state index in [0.29, 0.717) is 5.56 Å². The summed E-state index contributed by atoms with van der Waals surface area (Å²) in [6.45, 7) is 0. The lowest BCUT2D eigenvalue weighted by Crippen LogP contribution is -2.24. The number of nitrogens with zero attached hydrogens (tertiary/aromatic N) is 1. The first-order valence-corrected chi connectivity index (χ1v) is 6.52. The zero-order chi connectivity index (χ0) is 11.4. The first-order chi connectivity index (χ1) is 6.87. The van der Waals surface area contributed by atoms with Gasteiger partial charge in [0.2, 0.25) is 0 Å². The predicted octanol–water partition coefficient (Wildman–Crippen LogP) is 1.90. The van der Waals surface area contributed by atoms with Crippen LogP contribution in [0.15, 0.2) is 21.5 Å². The minimum absolute atomic E-state index is 0.0632. The molecule has 1 heterocycles. The van der Waals surface area contributed by atoms with Crippen molar-refractivity contribution in [3.05, 3.63) is 28.0 Å². The third kappa shape index (κ3) is 1.33. The lowest BCUT2D eigenvalue weighted by atomic mass is 10.2. The fourth-order valence-corrected chi connectivity index (χ4v) is 4.21. The Hall–Kier alpha value is -0.530. The maximum absolute atomic E-state index is 13.2. The van der Waals surface area contributed by atoms with Crippen molar-refractivity contribution in [1.29, 1.82) is 0 Å². The van der Waals surface area contributed by atoms with Crippen molar-refractivity contribution in [3.63, 3.8) is 0 Å². The molecular formula is C8H5BrFNO2S2. The van der Waals surface area contributed by atoms with E-state index in [9.17, 15) is 12.8 Å². The van der Waals surface area contributed by atoms with Gasteiger partial charge in [0.1, 0.15) is 15.7 Å². The maximum atomic E-state index is 13.2. The van der Waals surface area contributed by atoms with E-state index in [1.807, 2.05) is 0 Å². The summed E-state index contributed by atoms with van der Waals surface area (Å²) in [5.41, 5.74) is 0.362. The Bertz CT molecular complexity index is 570. The number of thiocarbonyl (C=S) groups is 1. The summed E-state index contributed by atoms with van der Waals surface area (Å²) in [4.78, 5) is 0.0979. The van der Waals surface area contributed by atoms with Crippen molar-refractivity contribution in [1.82, 2.24) is 4.31 Å². The van der Waals surface area contributed by atoms with Crippen LogP contribution in [0.3, 0.4) is 0 Å². The highest BCUT2D eigenvalue weighted by Crippen LogP contribution is 2.36. The van der Waals surface area contributed by atoms with Gasteiger partial charge >= 0.3 is 0 Å². The summed E-state index contributed by atoms with van der Waals surface area (Å²) >= 11 is 7.87. The topological polar surface area (TPSA) is 37.4 Å².